The van der Waals surface area contributed by atoms with Gasteiger partial charge in [-0.1, -0.05) is 90.8 Å². The Labute approximate surface area is 207 Å². The second-order valence-corrected chi connectivity index (χ2v) is 9.27. The first-order chi connectivity index (χ1) is 16.4. The number of hydrogen-bond donors (Lipinski definition) is 1. The molecule has 0 heterocycles. The third-order valence-electron chi connectivity index (χ3n) is 6.01. The van der Waals surface area contributed by atoms with Crippen molar-refractivity contribution in [2.24, 2.45) is 0 Å². The molecule has 0 bridgehead atoms. The van der Waals surface area contributed by atoms with Gasteiger partial charge >= 0.3 is 0 Å². The first kappa shape index (κ1) is 25.5. The molecule has 0 fully saturated rings. The molecule has 0 radical (unpaired) electrons. The highest BCUT2D eigenvalue weighted by molar-refractivity contribution is 6.30. The topological polar surface area (TPSA) is 49.4 Å². The third kappa shape index (κ3) is 7.46. The fourth-order valence-electron chi connectivity index (χ4n) is 3.76. The molecule has 34 heavy (non-hydrogen) atoms. The van der Waals surface area contributed by atoms with Crippen molar-refractivity contribution in [3.05, 3.63) is 106 Å². The molecule has 0 unspecified atom stereocenters. The van der Waals surface area contributed by atoms with Crippen LogP contribution >= 0.6 is 11.6 Å². The normalized spacial score (nSPS) is 12.6. The molecule has 0 saturated heterocycles. The van der Waals surface area contributed by atoms with Crippen LogP contribution in [-0.2, 0) is 29.0 Å². The van der Waals surface area contributed by atoms with E-state index in [0.717, 1.165) is 28.7 Å². The quantitative estimate of drug-likeness (QED) is 0.405. The van der Waals surface area contributed by atoms with Gasteiger partial charge in [-0.3, -0.25) is 9.59 Å². The van der Waals surface area contributed by atoms with Gasteiger partial charge in [0.2, 0.25) is 11.8 Å². The molecular formula is C29H33ClN2O2. The molecule has 3 aromatic carbocycles. The first-order valence-electron chi connectivity index (χ1n) is 11.8. The van der Waals surface area contributed by atoms with Crippen molar-refractivity contribution >= 4 is 23.4 Å². The van der Waals surface area contributed by atoms with E-state index in [2.05, 4.69) is 5.32 Å². The summed E-state index contributed by atoms with van der Waals surface area (Å²) in [5.41, 5.74) is 4.02. The van der Waals surface area contributed by atoms with Gasteiger partial charge in [-0.15, -0.1) is 0 Å². The van der Waals surface area contributed by atoms with Gasteiger partial charge in [0.15, 0.2) is 0 Å². The number of aryl methyl sites for hydroxylation is 1. The summed E-state index contributed by atoms with van der Waals surface area (Å²) in [5.74, 6) is -0.224. The Balaban J connectivity index is 1.95. The van der Waals surface area contributed by atoms with Gasteiger partial charge in [-0.05, 0) is 49.1 Å². The van der Waals surface area contributed by atoms with Gasteiger partial charge in [-0.25, -0.2) is 0 Å². The van der Waals surface area contributed by atoms with Crippen molar-refractivity contribution < 1.29 is 9.59 Å². The second-order valence-electron chi connectivity index (χ2n) is 8.83. The van der Waals surface area contributed by atoms with Crippen molar-refractivity contribution in [3.63, 3.8) is 0 Å². The molecule has 1 N–H and O–H groups in total. The zero-order valence-corrected chi connectivity index (χ0v) is 20.9. The minimum Gasteiger partial charge on any atom is -0.352 e. The number of halogens is 1. The van der Waals surface area contributed by atoms with Crippen molar-refractivity contribution in [3.8, 4) is 0 Å². The number of nitrogens with one attached hydrogen (secondary N) is 1. The highest BCUT2D eigenvalue weighted by Crippen LogP contribution is 2.18. The minimum atomic E-state index is -0.627. The van der Waals surface area contributed by atoms with E-state index < -0.39 is 6.04 Å². The Morgan fingerprint density at radius 1 is 0.882 bits per heavy atom. The van der Waals surface area contributed by atoms with Gasteiger partial charge in [0, 0.05) is 24.0 Å². The maximum absolute atomic E-state index is 13.7. The lowest BCUT2D eigenvalue weighted by Crippen LogP contribution is -2.52. The molecule has 0 aliphatic carbocycles. The molecule has 3 rings (SSSR count). The molecule has 178 valence electrons. The first-order valence-corrected chi connectivity index (χ1v) is 12.2. The van der Waals surface area contributed by atoms with Crippen LogP contribution in [0.4, 0.5) is 0 Å². The van der Waals surface area contributed by atoms with E-state index in [1.807, 2.05) is 87.5 Å². The Kier molecular flexibility index (Phi) is 9.29. The van der Waals surface area contributed by atoms with Crippen LogP contribution in [0.3, 0.4) is 0 Å². The monoisotopic (exact) mass is 476 g/mol. The lowest BCUT2D eigenvalue weighted by atomic mass is 10.0. The number of amides is 2. The Hall–Kier alpha value is -3.11. The molecule has 3 aromatic rings. The SMILES string of the molecule is CC[C@H](C)NC(=O)[C@@H](Cc1ccccc1)N(Cc1ccc(C)cc1)C(=O)Cc1ccc(Cl)cc1. The smallest absolute Gasteiger partial charge is 0.243 e. The molecule has 4 nitrogen and oxygen atoms in total. The molecule has 0 saturated carbocycles. The Morgan fingerprint density at radius 3 is 2.12 bits per heavy atom. The van der Waals surface area contributed by atoms with E-state index in [1.54, 1.807) is 17.0 Å². The molecule has 0 aliphatic rings. The number of benzene rings is 3. The van der Waals surface area contributed by atoms with E-state index in [4.69, 9.17) is 11.6 Å². The summed E-state index contributed by atoms with van der Waals surface area (Å²) < 4.78 is 0. The van der Waals surface area contributed by atoms with Crippen LogP contribution < -0.4 is 5.32 Å². The predicted molar refractivity (Wildman–Crippen MR) is 139 cm³/mol. The van der Waals surface area contributed by atoms with Crippen LogP contribution in [0, 0.1) is 6.92 Å². The molecule has 2 amide bonds. The lowest BCUT2D eigenvalue weighted by Gasteiger charge is -2.32. The average Bonchev–Trinajstić information content (AvgIpc) is 2.84. The third-order valence-corrected chi connectivity index (χ3v) is 6.27. The maximum atomic E-state index is 13.7. The predicted octanol–water partition coefficient (Wildman–Crippen LogP) is 5.75. The van der Waals surface area contributed by atoms with Crippen LogP contribution in [0.5, 0.6) is 0 Å². The molecule has 2 atom stereocenters. The number of rotatable bonds is 10. The summed E-state index contributed by atoms with van der Waals surface area (Å²) in [4.78, 5) is 28.9. The number of carbonyl (C=O) groups is 2. The zero-order chi connectivity index (χ0) is 24.5. The summed E-state index contributed by atoms with van der Waals surface area (Å²) in [6.45, 7) is 6.41. The van der Waals surface area contributed by atoms with E-state index in [0.29, 0.717) is 18.0 Å². The van der Waals surface area contributed by atoms with Gasteiger partial charge in [-0.2, -0.15) is 0 Å². The van der Waals surface area contributed by atoms with E-state index in [-0.39, 0.29) is 24.3 Å². The van der Waals surface area contributed by atoms with Gasteiger partial charge in [0.05, 0.1) is 6.42 Å². The highest BCUT2D eigenvalue weighted by atomic mass is 35.5. The molecule has 0 aromatic heterocycles. The van der Waals surface area contributed by atoms with Crippen molar-refractivity contribution in [1.82, 2.24) is 10.2 Å². The van der Waals surface area contributed by atoms with Crippen molar-refractivity contribution in [2.45, 2.75) is 58.7 Å². The van der Waals surface area contributed by atoms with Crippen LogP contribution in [0.15, 0.2) is 78.9 Å². The highest BCUT2D eigenvalue weighted by Gasteiger charge is 2.31. The van der Waals surface area contributed by atoms with Gasteiger partial charge in [0.1, 0.15) is 6.04 Å². The minimum absolute atomic E-state index is 0.0263. The molecular weight excluding hydrogens is 444 g/mol. The van der Waals surface area contributed by atoms with Crippen LogP contribution in [0.2, 0.25) is 5.02 Å². The summed E-state index contributed by atoms with van der Waals surface area (Å²) in [6, 6.07) is 24.6. The summed E-state index contributed by atoms with van der Waals surface area (Å²) in [5, 5.41) is 3.73. The number of hydrogen-bond acceptors (Lipinski definition) is 2. The fraction of sp³-hybridized carbons (Fsp3) is 0.310. The van der Waals surface area contributed by atoms with Gasteiger partial charge in [0.25, 0.3) is 0 Å². The molecule has 0 aliphatic heterocycles. The van der Waals surface area contributed by atoms with Crippen LogP contribution in [0.1, 0.15) is 42.5 Å². The van der Waals surface area contributed by atoms with Gasteiger partial charge < -0.3 is 10.2 Å². The summed E-state index contributed by atoms with van der Waals surface area (Å²) >= 11 is 6.03. The largest absolute Gasteiger partial charge is 0.352 e. The number of nitrogens with zero attached hydrogens (tertiary/aromatic N) is 1. The summed E-state index contributed by atoms with van der Waals surface area (Å²) in [7, 11) is 0. The maximum Gasteiger partial charge on any atom is 0.243 e. The van der Waals surface area contributed by atoms with E-state index in [9.17, 15) is 9.59 Å². The fourth-order valence-corrected chi connectivity index (χ4v) is 3.89. The van der Waals surface area contributed by atoms with E-state index >= 15 is 0 Å². The average molecular weight is 477 g/mol. The van der Waals surface area contributed by atoms with Crippen molar-refractivity contribution in [1.29, 1.82) is 0 Å². The Morgan fingerprint density at radius 2 is 1.50 bits per heavy atom. The molecule has 5 heteroatoms. The van der Waals surface area contributed by atoms with Crippen LogP contribution in [-0.4, -0.2) is 28.8 Å². The standard InChI is InChI=1S/C29H33ClN2O2/c1-4-22(3)31-29(34)27(18-23-8-6-5-7-9-23)32(20-25-12-10-21(2)11-13-25)28(33)19-24-14-16-26(30)17-15-24/h5-17,22,27H,4,18-20H2,1-3H3,(H,31,34)/t22-,27+/m0/s1. The lowest BCUT2D eigenvalue weighted by molar-refractivity contribution is -0.141. The zero-order valence-electron chi connectivity index (χ0n) is 20.1. The summed E-state index contributed by atoms with van der Waals surface area (Å²) in [6.07, 6.45) is 1.47. The second kappa shape index (κ2) is 12.4. The molecule has 0 spiro atoms. The number of carbonyl (C=O) groups excluding carboxylic acids is 2. The van der Waals surface area contributed by atoms with E-state index in [1.165, 1.54) is 0 Å². The Bertz CT molecular complexity index is 1070. The van der Waals surface area contributed by atoms with Crippen molar-refractivity contribution in [2.75, 3.05) is 0 Å². The van der Waals surface area contributed by atoms with Crippen LogP contribution in [0.25, 0.3) is 0 Å².